The van der Waals surface area contributed by atoms with E-state index in [2.05, 4.69) is 5.32 Å². The lowest BCUT2D eigenvalue weighted by Gasteiger charge is -2.18. The van der Waals surface area contributed by atoms with Crippen molar-refractivity contribution >= 4 is 17.4 Å². The van der Waals surface area contributed by atoms with E-state index in [1.54, 1.807) is 18.2 Å². The van der Waals surface area contributed by atoms with Crippen molar-refractivity contribution in [2.24, 2.45) is 11.3 Å². The molecule has 0 aliphatic heterocycles. The standard InChI is InChI=1S/C16H20N2O2/c1-11-6-5-7-12(8-11)18-15(20)13(10-17)14(19)9-16(2,3)4/h5-8,13H,9H2,1-4H3,(H,18,20)/t13-/m1/s1. The predicted octanol–water partition coefficient (Wildman–Crippen LogP) is 3.08. The molecule has 0 saturated carbocycles. The molecule has 0 fully saturated rings. The molecule has 0 radical (unpaired) electrons. The SMILES string of the molecule is Cc1cccc(NC(=O)[C@H](C#N)C(=O)CC(C)(C)C)c1. The van der Waals surface area contributed by atoms with Gasteiger partial charge in [0.05, 0.1) is 6.07 Å². The Hall–Kier alpha value is -2.15. The number of hydrogen-bond donors (Lipinski definition) is 1. The first-order valence-corrected chi connectivity index (χ1v) is 6.53. The molecule has 0 aliphatic carbocycles. The van der Waals surface area contributed by atoms with Crippen molar-refractivity contribution < 1.29 is 9.59 Å². The Morgan fingerprint density at radius 1 is 1.35 bits per heavy atom. The topological polar surface area (TPSA) is 70.0 Å². The van der Waals surface area contributed by atoms with E-state index in [1.807, 2.05) is 39.8 Å². The van der Waals surface area contributed by atoms with Crippen LogP contribution < -0.4 is 5.32 Å². The maximum Gasteiger partial charge on any atom is 0.249 e. The van der Waals surface area contributed by atoms with Gasteiger partial charge in [-0.15, -0.1) is 0 Å². The zero-order valence-electron chi connectivity index (χ0n) is 12.4. The normalized spacial score (nSPS) is 12.3. The summed E-state index contributed by atoms with van der Waals surface area (Å²) in [7, 11) is 0. The van der Waals surface area contributed by atoms with Crippen LogP contribution >= 0.6 is 0 Å². The lowest BCUT2D eigenvalue weighted by molar-refractivity contribution is -0.129. The summed E-state index contributed by atoms with van der Waals surface area (Å²) in [6.45, 7) is 7.61. The Balaban J connectivity index is 2.78. The van der Waals surface area contributed by atoms with Crippen molar-refractivity contribution in [2.45, 2.75) is 34.1 Å². The van der Waals surface area contributed by atoms with Gasteiger partial charge in [-0.2, -0.15) is 5.26 Å². The van der Waals surface area contributed by atoms with Gasteiger partial charge < -0.3 is 5.32 Å². The van der Waals surface area contributed by atoms with Gasteiger partial charge in [0.25, 0.3) is 0 Å². The van der Waals surface area contributed by atoms with Gasteiger partial charge in [-0.25, -0.2) is 0 Å². The second-order valence-electron chi connectivity index (χ2n) is 6.12. The lowest BCUT2D eigenvalue weighted by Crippen LogP contribution is -2.30. The molecule has 1 aromatic rings. The summed E-state index contributed by atoms with van der Waals surface area (Å²) in [4.78, 5) is 24.0. The number of rotatable bonds is 4. The number of amides is 1. The zero-order chi connectivity index (χ0) is 15.3. The monoisotopic (exact) mass is 272 g/mol. The number of anilines is 1. The van der Waals surface area contributed by atoms with E-state index >= 15 is 0 Å². The highest BCUT2D eigenvalue weighted by atomic mass is 16.2. The van der Waals surface area contributed by atoms with Crippen LogP contribution in [0, 0.1) is 29.6 Å². The Kier molecular flexibility index (Phi) is 5.04. The summed E-state index contributed by atoms with van der Waals surface area (Å²) in [5, 5.41) is 11.7. The molecule has 0 bridgehead atoms. The van der Waals surface area contributed by atoms with E-state index in [9.17, 15) is 9.59 Å². The number of carbonyl (C=O) groups is 2. The van der Waals surface area contributed by atoms with Crippen LogP contribution in [-0.2, 0) is 9.59 Å². The van der Waals surface area contributed by atoms with Crippen LogP contribution in [-0.4, -0.2) is 11.7 Å². The number of nitriles is 1. The van der Waals surface area contributed by atoms with E-state index in [0.29, 0.717) is 5.69 Å². The summed E-state index contributed by atoms with van der Waals surface area (Å²) < 4.78 is 0. The van der Waals surface area contributed by atoms with Crippen molar-refractivity contribution in [1.29, 1.82) is 5.26 Å². The zero-order valence-corrected chi connectivity index (χ0v) is 12.4. The molecule has 20 heavy (non-hydrogen) atoms. The number of benzene rings is 1. The number of nitrogens with one attached hydrogen (secondary N) is 1. The van der Waals surface area contributed by atoms with Gasteiger partial charge in [-0.3, -0.25) is 9.59 Å². The van der Waals surface area contributed by atoms with Crippen molar-refractivity contribution in [1.82, 2.24) is 0 Å². The predicted molar refractivity (Wildman–Crippen MR) is 78.0 cm³/mol. The molecule has 1 N–H and O–H groups in total. The van der Waals surface area contributed by atoms with E-state index < -0.39 is 11.8 Å². The summed E-state index contributed by atoms with van der Waals surface area (Å²) in [6, 6.07) is 9.03. The number of hydrogen-bond acceptors (Lipinski definition) is 3. The molecule has 0 aromatic heterocycles. The number of carbonyl (C=O) groups excluding carboxylic acids is 2. The summed E-state index contributed by atoms with van der Waals surface area (Å²) in [5.74, 6) is -2.16. The average molecular weight is 272 g/mol. The molecule has 0 saturated heterocycles. The molecular weight excluding hydrogens is 252 g/mol. The van der Waals surface area contributed by atoms with Crippen LogP contribution in [0.2, 0.25) is 0 Å². The van der Waals surface area contributed by atoms with Crippen molar-refractivity contribution in [3.8, 4) is 6.07 Å². The summed E-state index contributed by atoms with van der Waals surface area (Å²) in [6.07, 6.45) is 0.201. The fourth-order valence-electron chi connectivity index (χ4n) is 1.84. The number of Topliss-reactive ketones (excluding diaryl/α,β-unsaturated/α-hetero) is 1. The van der Waals surface area contributed by atoms with Gasteiger partial charge in [0.15, 0.2) is 11.7 Å². The minimum Gasteiger partial charge on any atom is -0.325 e. The third-order valence-corrected chi connectivity index (χ3v) is 2.70. The molecule has 0 spiro atoms. The molecule has 4 heteroatoms. The van der Waals surface area contributed by atoms with Crippen LogP contribution in [0.5, 0.6) is 0 Å². The Morgan fingerprint density at radius 3 is 2.50 bits per heavy atom. The van der Waals surface area contributed by atoms with E-state index in [1.165, 1.54) is 0 Å². The molecule has 106 valence electrons. The van der Waals surface area contributed by atoms with Crippen LogP contribution in [0.15, 0.2) is 24.3 Å². The van der Waals surface area contributed by atoms with Crippen LogP contribution in [0.25, 0.3) is 0 Å². The average Bonchev–Trinajstić information content (AvgIpc) is 2.27. The molecule has 0 aliphatic rings. The first-order chi connectivity index (χ1) is 9.23. The van der Waals surface area contributed by atoms with Gasteiger partial charge in [0.1, 0.15) is 0 Å². The Morgan fingerprint density at radius 2 is 2.00 bits per heavy atom. The molecule has 1 rings (SSSR count). The van der Waals surface area contributed by atoms with E-state index in [-0.39, 0.29) is 17.6 Å². The van der Waals surface area contributed by atoms with Gasteiger partial charge in [0.2, 0.25) is 5.91 Å². The molecule has 4 nitrogen and oxygen atoms in total. The largest absolute Gasteiger partial charge is 0.325 e. The maximum absolute atomic E-state index is 12.0. The van der Waals surface area contributed by atoms with Crippen LogP contribution in [0.3, 0.4) is 0 Å². The van der Waals surface area contributed by atoms with Crippen LogP contribution in [0.4, 0.5) is 5.69 Å². The summed E-state index contributed by atoms with van der Waals surface area (Å²) >= 11 is 0. The fourth-order valence-corrected chi connectivity index (χ4v) is 1.84. The molecular formula is C16H20N2O2. The Bertz CT molecular complexity index is 550. The quantitative estimate of drug-likeness (QED) is 0.856. The minimum absolute atomic E-state index is 0.201. The smallest absolute Gasteiger partial charge is 0.249 e. The lowest BCUT2D eigenvalue weighted by atomic mass is 9.86. The third kappa shape index (κ3) is 4.85. The van der Waals surface area contributed by atoms with Gasteiger partial charge >= 0.3 is 0 Å². The van der Waals surface area contributed by atoms with E-state index in [0.717, 1.165) is 5.56 Å². The van der Waals surface area contributed by atoms with Gasteiger partial charge in [0, 0.05) is 12.1 Å². The highest BCUT2D eigenvalue weighted by Gasteiger charge is 2.29. The second-order valence-corrected chi connectivity index (χ2v) is 6.12. The molecule has 1 aromatic carbocycles. The Labute approximate surface area is 119 Å². The number of nitrogens with zero attached hydrogens (tertiary/aromatic N) is 1. The summed E-state index contributed by atoms with van der Waals surface area (Å²) in [5.41, 5.74) is 1.35. The van der Waals surface area contributed by atoms with Gasteiger partial charge in [-0.1, -0.05) is 32.9 Å². The van der Waals surface area contributed by atoms with Crippen molar-refractivity contribution in [3.63, 3.8) is 0 Å². The van der Waals surface area contributed by atoms with E-state index in [4.69, 9.17) is 5.26 Å². The second kappa shape index (κ2) is 6.33. The molecule has 1 atom stereocenters. The first kappa shape index (κ1) is 15.9. The highest BCUT2D eigenvalue weighted by molar-refractivity contribution is 6.09. The van der Waals surface area contributed by atoms with Gasteiger partial charge in [-0.05, 0) is 30.0 Å². The van der Waals surface area contributed by atoms with Crippen molar-refractivity contribution in [3.05, 3.63) is 29.8 Å². The maximum atomic E-state index is 12.0. The van der Waals surface area contributed by atoms with Crippen LogP contribution in [0.1, 0.15) is 32.8 Å². The molecule has 0 unspecified atom stereocenters. The molecule has 0 heterocycles. The highest BCUT2D eigenvalue weighted by Crippen LogP contribution is 2.22. The third-order valence-electron chi connectivity index (χ3n) is 2.70. The molecule has 1 amide bonds. The minimum atomic E-state index is -1.25. The fraction of sp³-hybridized carbons (Fsp3) is 0.438. The van der Waals surface area contributed by atoms with Crippen molar-refractivity contribution in [2.75, 3.05) is 5.32 Å². The number of ketones is 1. The first-order valence-electron chi connectivity index (χ1n) is 6.53. The number of aryl methyl sites for hydroxylation is 1.